The Morgan fingerprint density at radius 2 is 1.75 bits per heavy atom. The fourth-order valence-electron chi connectivity index (χ4n) is 2.28. The van der Waals surface area contributed by atoms with Gasteiger partial charge < -0.3 is 10.8 Å². The second-order valence-corrected chi connectivity index (χ2v) is 5.43. The Balaban J connectivity index is 0.00000288. The normalized spacial score (nSPS) is 11.7. The molecule has 0 heterocycles. The Hall–Kier alpha value is -1.76. The Morgan fingerprint density at radius 3 is 2.25 bits per heavy atom. The monoisotopic (exact) mass is 379 g/mol. The highest BCUT2D eigenvalue weighted by atomic mass is 35.5. The van der Waals surface area contributed by atoms with Crippen molar-refractivity contribution in [1.82, 2.24) is 0 Å². The molecule has 24 heavy (non-hydrogen) atoms. The smallest absolute Gasteiger partial charge is 0.304 e. The molecule has 3 N–H and O–H groups in total. The van der Waals surface area contributed by atoms with Crippen LogP contribution in [0.1, 0.15) is 17.9 Å². The van der Waals surface area contributed by atoms with Gasteiger partial charge in [-0.25, -0.2) is 13.2 Å². The lowest BCUT2D eigenvalue weighted by Crippen LogP contribution is -2.16. The molecule has 0 saturated carbocycles. The van der Waals surface area contributed by atoms with Crippen LogP contribution in [0.15, 0.2) is 30.3 Å². The van der Waals surface area contributed by atoms with Crippen LogP contribution in [0.3, 0.4) is 0 Å². The van der Waals surface area contributed by atoms with Gasteiger partial charge in [0.05, 0.1) is 6.42 Å². The molecular weight excluding hydrogens is 366 g/mol. The van der Waals surface area contributed by atoms with E-state index in [1.165, 1.54) is 12.1 Å². The summed E-state index contributed by atoms with van der Waals surface area (Å²) in [5, 5.41) is 9.10. The van der Waals surface area contributed by atoms with Gasteiger partial charge in [0, 0.05) is 16.5 Å². The van der Waals surface area contributed by atoms with Crippen molar-refractivity contribution in [3.8, 4) is 11.1 Å². The van der Waals surface area contributed by atoms with Gasteiger partial charge in [0.1, 0.15) is 0 Å². The standard InChI is InChI=1S/C16H13ClF3NO2.ClH/c17-12-2-1-8(10(7-21)6-15(22)23)3-11(12)9-4-13(18)16(20)14(19)5-9;/h1-5,10H,6-7,21H2,(H,22,23);1H/t10-;/m0./s1. The minimum atomic E-state index is -1.56. The first-order chi connectivity index (χ1) is 10.8. The first kappa shape index (κ1) is 20.3. The fourth-order valence-corrected chi connectivity index (χ4v) is 2.50. The average molecular weight is 380 g/mol. The number of aliphatic carboxylic acids is 1. The van der Waals surface area contributed by atoms with Crippen LogP contribution in [-0.2, 0) is 4.79 Å². The Morgan fingerprint density at radius 1 is 1.17 bits per heavy atom. The predicted molar refractivity (Wildman–Crippen MR) is 88.1 cm³/mol. The van der Waals surface area contributed by atoms with Crippen LogP contribution in [0.25, 0.3) is 11.1 Å². The van der Waals surface area contributed by atoms with Crippen LogP contribution in [0.5, 0.6) is 0 Å². The number of carboxylic acid groups (broad SMARTS) is 1. The van der Waals surface area contributed by atoms with Crippen LogP contribution < -0.4 is 5.73 Å². The Kier molecular flexibility index (Phi) is 7.08. The molecule has 0 amide bonds. The number of carboxylic acids is 1. The molecular formula is C16H14Cl2F3NO2. The molecule has 0 radical (unpaired) electrons. The van der Waals surface area contributed by atoms with E-state index in [0.717, 1.165) is 12.1 Å². The number of benzene rings is 2. The van der Waals surface area contributed by atoms with Crippen molar-refractivity contribution in [3.05, 3.63) is 58.4 Å². The molecule has 1 atom stereocenters. The zero-order valence-corrected chi connectivity index (χ0v) is 13.8. The summed E-state index contributed by atoms with van der Waals surface area (Å²) < 4.78 is 39.9. The molecule has 2 rings (SSSR count). The maximum atomic E-state index is 13.4. The third-order valence-corrected chi connectivity index (χ3v) is 3.79. The minimum absolute atomic E-state index is 0. The molecule has 0 fully saturated rings. The van der Waals surface area contributed by atoms with Crippen molar-refractivity contribution < 1.29 is 23.1 Å². The average Bonchev–Trinajstić information content (AvgIpc) is 2.50. The van der Waals surface area contributed by atoms with Gasteiger partial charge in [0.2, 0.25) is 0 Å². The summed E-state index contributed by atoms with van der Waals surface area (Å²) in [6, 6.07) is 6.25. The maximum Gasteiger partial charge on any atom is 0.304 e. The molecule has 0 aliphatic rings. The number of carbonyl (C=O) groups is 1. The molecule has 2 aromatic carbocycles. The number of nitrogens with two attached hydrogens (primary N) is 1. The number of halogens is 5. The van der Waals surface area contributed by atoms with E-state index in [9.17, 15) is 18.0 Å². The summed E-state index contributed by atoms with van der Waals surface area (Å²) in [4.78, 5) is 10.9. The second kappa shape index (κ2) is 8.37. The number of hydrogen-bond donors (Lipinski definition) is 2. The van der Waals surface area contributed by atoms with E-state index in [-0.39, 0.29) is 41.5 Å². The van der Waals surface area contributed by atoms with E-state index in [0.29, 0.717) is 5.56 Å². The van der Waals surface area contributed by atoms with Gasteiger partial charge in [0.25, 0.3) is 0 Å². The van der Waals surface area contributed by atoms with Crippen molar-refractivity contribution in [2.45, 2.75) is 12.3 Å². The molecule has 130 valence electrons. The summed E-state index contributed by atoms with van der Waals surface area (Å²) in [5.74, 6) is -5.72. The summed E-state index contributed by atoms with van der Waals surface area (Å²) in [5.41, 5.74) is 6.48. The molecule has 2 aromatic rings. The van der Waals surface area contributed by atoms with Gasteiger partial charge in [-0.3, -0.25) is 4.79 Å². The first-order valence-electron chi connectivity index (χ1n) is 6.69. The first-order valence-corrected chi connectivity index (χ1v) is 7.07. The summed E-state index contributed by atoms with van der Waals surface area (Å²) in [6.45, 7) is 0.0828. The zero-order chi connectivity index (χ0) is 17.1. The maximum absolute atomic E-state index is 13.4. The van der Waals surface area contributed by atoms with Gasteiger partial charge in [-0.15, -0.1) is 12.4 Å². The largest absolute Gasteiger partial charge is 0.481 e. The van der Waals surface area contributed by atoms with Crippen LogP contribution in [-0.4, -0.2) is 17.6 Å². The SMILES string of the molecule is Cl.NC[C@H](CC(=O)O)c1ccc(Cl)c(-c2cc(F)c(F)c(F)c2)c1. The lowest BCUT2D eigenvalue weighted by molar-refractivity contribution is -0.137. The van der Waals surface area contributed by atoms with E-state index in [4.69, 9.17) is 22.4 Å². The molecule has 0 spiro atoms. The lowest BCUT2D eigenvalue weighted by Gasteiger charge is -2.15. The van der Waals surface area contributed by atoms with E-state index < -0.39 is 29.3 Å². The zero-order valence-electron chi connectivity index (χ0n) is 12.2. The minimum Gasteiger partial charge on any atom is -0.481 e. The molecule has 0 aromatic heterocycles. The van der Waals surface area contributed by atoms with Crippen molar-refractivity contribution in [3.63, 3.8) is 0 Å². The Bertz CT molecular complexity index is 733. The van der Waals surface area contributed by atoms with Gasteiger partial charge >= 0.3 is 5.97 Å². The molecule has 0 saturated heterocycles. The number of rotatable bonds is 5. The lowest BCUT2D eigenvalue weighted by atomic mass is 9.92. The van der Waals surface area contributed by atoms with E-state index >= 15 is 0 Å². The fraction of sp³-hybridized carbons (Fsp3) is 0.188. The van der Waals surface area contributed by atoms with Crippen LogP contribution in [0, 0.1) is 17.5 Å². The van der Waals surface area contributed by atoms with Crippen LogP contribution >= 0.6 is 24.0 Å². The molecule has 8 heteroatoms. The third kappa shape index (κ3) is 4.41. The van der Waals surface area contributed by atoms with Crippen molar-refractivity contribution in [2.24, 2.45) is 5.73 Å². The van der Waals surface area contributed by atoms with Gasteiger partial charge in [0.15, 0.2) is 17.5 Å². The van der Waals surface area contributed by atoms with Crippen molar-refractivity contribution >= 4 is 30.0 Å². The molecule has 0 aliphatic heterocycles. The summed E-state index contributed by atoms with van der Waals surface area (Å²) in [6.07, 6.45) is -0.191. The Labute approximate surface area is 147 Å². The van der Waals surface area contributed by atoms with Crippen LogP contribution in [0.2, 0.25) is 5.02 Å². The van der Waals surface area contributed by atoms with Crippen molar-refractivity contribution in [1.29, 1.82) is 0 Å². The third-order valence-electron chi connectivity index (χ3n) is 3.46. The van der Waals surface area contributed by atoms with Gasteiger partial charge in [-0.2, -0.15) is 0 Å². The van der Waals surface area contributed by atoms with Gasteiger partial charge in [-0.1, -0.05) is 17.7 Å². The van der Waals surface area contributed by atoms with E-state index in [1.807, 2.05) is 0 Å². The predicted octanol–water partition coefficient (Wildman–Crippen LogP) is 4.36. The van der Waals surface area contributed by atoms with E-state index in [2.05, 4.69) is 0 Å². The molecule has 0 aliphatic carbocycles. The topological polar surface area (TPSA) is 63.3 Å². The summed E-state index contributed by atoms with van der Waals surface area (Å²) >= 11 is 6.04. The molecule has 3 nitrogen and oxygen atoms in total. The number of hydrogen-bond acceptors (Lipinski definition) is 2. The van der Waals surface area contributed by atoms with Gasteiger partial charge in [-0.05, 0) is 41.9 Å². The highest BCUT2D eigenvalue weighted by molar-refractivity contribution is 6.33. The second-order valence-electron chi connectivity index (χ2n) is 5.02. The molecule has 0 unspecified atom stereocenters. The highest BCUT2D eigenvalue weighted by Crippen LogP contribution is 2.33. The quantitative estimate of drug-likeness (QED) is 0.758. The molecule has 0 bridgehead atoms. The highest BCUT2D eigenvalue weighted by Gasteiger charge is 2.18. The summed E-state index contributed by atoms with van der Waals surface area (Å²) in [7, 11) is 0. The van der Waals surface area contributed by atoms with E-state index in [1.54, 1.807) is 6.07 Å². The van der Waals surface area contributed by atoms with Crippen molar-refractivity contribution in [2.75, 3.05) is 6.54 Å². The van der Waals surface area contributed by atoms with Crippen LogP contribution in [0.4, 0.5) is 13.2 Å².